The summed E-state index contributed by atoms with van der Waals surface area (Å²) in [5.41, 5.74) is -0.580. The Hall–Kier alpha value is -1.79. The minimum Gasteiger partial charge on any atom is -0.444 e. The first-order valence-corrected chi connectivity index (χ1v) is 7.19. The molecule has 0 spiro atoms. The molecular formula is C14H25N3O4. The molecule has 1 saturated heterocycles. The highest BCUT2D eigenvalue weighted by Crippen LogP contribution is 2.10. The van der Waals surface area contributed by atoms with E-state index in [0.29, 0.717) is 13.1 Å². The Balaban J connectivity index is 2.28. The molecule has 1 aliphatic rings. The van der Waals surface area contributed by atoms with Crippen molar-refractivity contribution >= 4 is 17.9 Å². The van der Waals surface area contributed by atoms with Crippen molar-refractivity contribution in [3.63, 3.8) is 0 Å². The van der Waals surface area contributed by atoms with E-state index in [1.54, 1.807) is 25.7 Å². The van der Waals surface area contributed by atoms with Gasteiger partial charge in [-0.2, -0.15) is 0 Å². The molecule has 0 radical (unpaired) electrons. The zero-order valence-electron chi connectivity index (χ0n) is 13.2. The maximum Gasteiger partial charge on any atom is 0.408 e. The van der Waals surface area contributed by atoms with E-state index in [1.807, 2.05) is 0 Å². The smallest absolute Gasteiger partial charge is 0.408 e. The molecule has 0 aromatic heterocycles. The van der Waals surface area contributed by atoms with E-state index >= 15 is 0 Å². The van der Waals surface area contributed by atoms with Crippen molar-refractivity contribution in [2.45, 2.75) is 52.2 Å². The molecule has 120 valence electrons. The molecule has 2 N–H and O–H groups in total. The third-order valence-corrected chi connectivity index (χ3v) is 3.04. The van der Waals surface area contributed by atoms with E-state index in [4.69, 9.17) is 4.74 Å². The topological polar surface area (TPSA) is 87.7 Å². The zero-order valence-corrected chi connectivity index (χ0v) is 13.2. The predicted octanol–water partition coefficient (Wildman–Crippen LogP) is 0.638. The van der Waals surface area contributed by atoms with Crippen LogP contribution >= 0.6 is 0 Å². The third kappa shape index (κ3) is 6.97. The standard InChI is InChI=1S/C14H25N3O4/c1-10(18)16-11-5-7-17(8-6-11)12(19)9-15-13(20)21-14(2,3)4/h11H,5-9H2,1-4H3,(H,15,20)(H,16,18). The average Bonchev–Trinajstić information content (AvgIpc) is 2.34. The first-order valence-electron chi connectivity index (χ1n) is 7.19. The summed E-state index contributed by atoms with van der Waals surface area (Å²) in [4.78, 5) is 36.1. The predicted molar refractivity (Wildman–Crippen MR) is 77.7 cm³/mol. The van der Waals surface area contributed by atoms with Crippen molar-refractivity contribution in [2.24, 2.45) is 0 Å². The highest BCUT2D eigenvalue weighted by Gasteiger charge is 2.24. The summed E-state index contributed by atoms with van der Waals surface area (Å²) >= 11 is 0. The van der Waals surface area contributed by atoms with Crippen LogP contribution in [-0.2, 0) is 14.3 Å². The van der Waals surface area contributed by atoms with Gasteiger partial charge in [-0.15, -0.1) is 0 Å². The number of rotatable bonds is 3. The molecule has 0 aliphatic carbocycles. The maximum absolute atomic E-state index is 12.0. The number of nitrogens with zero attached hydrogens (tertiary/aromatic N) is 1. The van der Waals surface area contributed by atoms with Gasteiger partial charge >= 0.3 is 6.09 Å². The van der Waals surface area contributed by atoms with E-state index in [9.17, 15) is 14.4 Å². The van der Waals surface area contributed by atoms with Gasteiger partial charge < -0.3 is 20.3 Å². The number of carbonyl (C=O) groups excluding carboxylic acids is 3. The van der Waals surface area contributed by atoms with Gasteiger partial charge in [0.15, 0.2) is 0 Å². The minimum atomic E-state index is -0.594. The molecule has 1 rings (SSSR count). The molecule has 0 saturated carbocycles. The van der Waals surface area contributed by atoms with Gasteiger partial charge in [0.25, 0.3) is 0 Å². The molecule has 1 fully saturated rings. The Bertz CT molecular complexity index is 396. The number of hydrogen-bond acceptors (Lipinski definition) is 4. The zero-order chi connectivity index (χ0) is 16.0. The van der Waals surface area contributed by atoms with Crippen LogP contribution in [0.3, 0.4) is 0 Å². The van der Waals surface area contributed by atoms with Gasteiger partial charge in [-0.3, -0.25) is 9.59 Å². The third-order valence-electron chi connectivity index (χ3n) is 3.04. The second-order valence-corrected chi connectivity index (χ2v) is 6.21. The van der Waals surface area contributed by atoms with Crippen molar-refractivity contribution in [3.05, 3.63) is 0 Å². The number of ether oxygens (including phenoxy) is 1. The first kappa shape index (κ1) is 17.3. The van der Waals surface area contributed by atoms with Gasteiger partial charge in [-0.05, 0) is 33.6 Å². The number of amides is 3. The van der Waals surface area contributed by atoms with Gasteiger partial charge in [-0.1, -0.05) is 0 Å². The lowest BCUT2D eigenvalue weighted by molar-refractivity contribution is -0.131. The van der Waals surface area contributed by atoms with E-state index in [2.05, 4.69) is 10.6 Å². The number of alkyl carbamates (subject to hydrolysis) is 1. The van der Waals surface area contributed by atoms with Crippen LogP contribution < -0.4 is 10.6 Å². The van der Waals surface area contributed by atoms with Crippen molar-refractivity contribution in [1.29, 1.82) is 0 Å². The molecule has 21 heavy (non-hydrogen) atoms. The molecule has 0 aromatic carbocycles. The summed E-state index contributed by atoms with van der Waals surface area (Å²) in [5.74, 6) is -0.187. The largest absolute Gasteiger partial charge is 0.444 e. The van der Waals surface area contributed by atoms with Crippen LogP contribution in [0.25, 0.3) is 0 Å². The lowest BCUT2D eigenvalue weighted by Gasteiger charge is -2.32. The number of piperidine rings is 1. The highest BCUT2D eigenvalue weighted by molar-refractivity contribution is 5.82. The summed E-state index contributed by atoms with van der Waals surface area (Å²) in [7, 11) is 0. The Labute approximate surface area is 125 Å². The fourth-order valence-corrected chi connectivity index (χ4v) is 2.13. The van der Waals surface area contributed by atoms with E-state index in [1.165, 1.54) is 6.92 Å². The van der Waals surface area contributed by atoms with Crippen molar-refractivity contribution in [1.82, 2.24) is 15.5 Å². The molecule has 3 amide bonds. The molecule has 0 unspecified atom stereocenters. The fourth-order valence-electron chi connectivity index (χ4n) is 2.13. The van der Waals surface area contributed by atoms with Crippen LogP contribution in [0.5, 0.6) is 0 Å². The first-order chi connectivity index (χ1) is 9.67. The SMILES string of the molecule is CC(=O)NC1CCN(C(=O)CNC(=O)OC(C)(C)C)CC1. The van der Waals surface area contributed by atoms with Crippen LogP contribution in [0.1, 0.15) is 40.5 Å². The monoisotopic (exact) mass is 299 g/mol. The Kier molecular flexibility index (Phi) is 5.99. The van der Waals surface area contributed by atoms with Gasteiger partial charge in [0.2, 0.25) is 11.8 Å². The molecule has 0 atom stereocenters. The van der Waals surface area contributed by atoms with Gasteiger partial charge in [0.1, 0.15) is 12.1 Å². The number of carbonyl (C=O) groups is 3. The molecular weight excluding hydrogens is 274 g/mol. The summed E-state index contributed by atoms with van der Waals surface area (Å²) in [6, 6.07) is 0.130. The Morgan fingerprint density at radius 1 is 1.19 bits per heavy atom. The lowest BCUT2D eigenvalue weighted by atomic mass is 10.1. The molecule has 1 aliphatic heterocycles. The maximum atomic E-state index is 12.0. The van der Waals surface area contributed by atoms with E-state index < -0.39 is 11.7 Å². The molecule has 7 heteroatoms. The van der Waals surface area contributed by atoms with Crippen LogP contribution in [0.4, 0.5) is 4.79 Å². The van der Waals surface area contributed by atoms with Gasteiger partial charge in [0.05, 0.1) is 0 Å². The Morgan fingerprint density at radius 3 is 2.24 bits per heavy atom. The normalized spacial score (nSPS) is 16.3. The quantitative estimate of drug-likeness (QED) is 0.800. The van der Waals surface area contributed by atoms with Gasteiger partial charge in [-0.25, -0.2) is 4.79 Å². The van der Waals surface area contributed by atoms with Crippen LogP contribution in [0.2, 0.25) is 0 Å². The van der Waals surface area contributed by atoms with E-state index in [-0.39, 0.29) is 24.4 Å². The fraction of sp³-hybridized carbons (Fsp3) is 0.786. The molecule has 7 nitrogen and oxygen atoms in total. The number of likely N-dealkylation sites (tertiary alicyclic amines) is 1. The summed E-state index contributed by atoms with van der Waals surface area (Å²) in [5, 5.41) is 5.31. The second-order valence-electron chi connectivity index (χ2n) is 6.21. The molecule has 0 aromatic rings. The van der Waals surface area contributed by atoms with Crippen molar-refractivity contribution in [3.8, 4) is 0 Å². The number of nitrogens with one attached hydrogen (secondary N) is 2. The van der Waals surface area contributed by atoms with Crippen molar-refractivity contribution in [2.75, 3.05) is 19.6 Å². The summed E-state index contributed by atoms with van der Waals surface area (Å²) < 4.78 is 5.07. The van der Waals surface area contributed by atoms with Crippen LogP contribution in [0, 0.1) is 0 Å². The second kappa shape index (κ2) is 7.28. The Morgan fingerprint density at radius 2 is 1.76 bits per heavy atom. The number of hydrogen-bond donors (Lipinski definition) is 2. The lowest BCUT2D eigenvalue weighted by Crippen LogP contribution is -2.49. The van der Waals surface area contributed by atoms with Crippen LogP contribution in [-0.4, -0.2) is 54.1 Å². The molecule has 0 bridgehead atoms. The summed E-state index contributed by atoms with van der Waals surface area (Å²) in [6.45, 7) is 7.88. The average molecular weight is 299 g/mol. The van der Waals surface area contributed by atoms with Crippen molar-refractivity contribution < 1.29 is 19.1 Å². The van der Waals surface area contributed by atoms with Gasteiger partial charge in [0, 0.05) is 26.1 Å². The summed E-state index contributed by atoms with van der Waals surface area (Å²) in [6.07, 6.45) is 0.874. The molecule has 1 heterocycles. The van der Waals surface area contributed by atoms with Crippen LogP contribution in [0.15, 0.2) is 0 Å². The van der Waals surface area contributed by atoms with E-state index in [0.717, 1.165) is 12.8 Å². The minimum absolute atomic E-state index is 0.0497. The highest BCUT2D eigenvalue weighted by atomic mass is 16.6.